The van der Waals surface area contributed by atoms with Gasteiger partial charge in [0.05, 0.1) is 0 Å². The molecule has 0 saturated heterocycles. The lowest BCUT2D eigenvalue weighted by Crippen LogP contribution is -2.09. The molecule has 0 radical (unpaired) electrons. The van der Waals surface area contributed by atoms with Crippen molar-refractivity contribution >= 4 is 113 Å². The van der Waals surface area contributed by atoms with Crippen molar-refractivity contribution in [3.63, 3.8) is 0 Å². The summed E-state index contributed by atoms with van der Waals surface area (Å²) in [7, 11) is 0. The van der Waals surface area contributed by atoms with Gasteiger partial charge in [-0.25, -0.2) is 0 Å². The predicted molar refractivity (Wildman–Crippen MR) is 217 cm³/mol. The van der Waals surface area contributed by atoms with Crippen molar-refractivity contribution in [3.8, 4) is 11.1 Å². The van der Waals surface area contributed by atoms with E-state index in [1.807, 2.05) is 34.8 Å². The van der Waals surface area contributed by atoms with Crippen LogP contribution in [0.1, 0.15) is 0 Å². The van der Waals surface area contributed by atoms with Gasteiger partial charge in [-0.1, -0.05) is 103 Å². The molecule has 0 saturated carbocycles. The third kappa shape index (κ3) is 4.19. The summed E-state index contributed by atoms with van der Waals surface area (Å²) in [6.45, 7) is 0. The number of hydrogen-bond acceptors (Lipinski definition) is 4. The van der Waals surface area contributed by atoms with Gasteiger partial charge in [-0.15, -0.1) is 22.7 Å². The molecular weight excluding hydrogens is 647 g/mol. The molecule has 2 nitrogen and oxygen atoms in total. The van der Waals surface area contributed by atoms with Crippen LogP contribution >= 0.6 is 22.7 Å². The summed E-state index contributed by atoms with van der Waals surface area (Å²) in [5.41, 5.74) is 7.60. The molecule has 0 fully saturated rings. The molecule has 0 unspecified atom stereocenters. The minimum Gasteiger partial charge on any atom is -0.456 e. The summed E-state index contributed by atoms with van der Waals surface area (Å²) < 4.78 is 11.5. The maximum atomic E-state index is 6.22. The summed E-state index contributed by atoms with van der Waals surface area (Å²) in [6.07, 6.45) is 0. The van der Waals surface area contributed by atoms with Crippen molar-refractivity contribution in [2.45, 2.75) is 0 Å². The molecule has 0 aliphatic heterocycles. The summed E-state index contributed by atoms with van der Waals surface area (Å²) >= 11 is 3.74. The van der Waals surface area contributed by atoms with Crippen molar-refractivity contribution in [3.05, 3.63) is 164 Å². The number of para-hydroxylation sites is 1. The molecule has 3 aromatic heterocycles. The standard InChI is InChI=1S/C46H27NOS2/c1-4-13-40-34(9-1)39-26-31(22-25-41(39)48-40)47(32-21-24-37-35-10-2-5-14-42(35)49-44(37)27-32)30-19-16-28(17-20-30)33-12-7-8-29-18-23-38-36-11-3-6-15-43(36)50-46(38)45(29)33/h1-27H. The second kappa shape index (κ2) is 10.8. The van der Waals surface area contributed by atoms with Gasteiger partial charge in [-0.2, -0.15) is 0 Å². The van der Waals surface area contributed by atoms with Gasteiger partial charge in [-0.3, -0.25) is 0 Å². The van der Waals surface area contributed by atoms with E-state index >= 15 is 0 Å². The number of nitrogens with zero attached hydrogens (tertiary/aromatic N) is 1. The summed E-state index contributed by atoms with van der Waals surface area (Å²) in [5, 5.41) is 10.1. The van der Waals surface area contributed by atoms with Gasteiger partial charge in [-0.05, 0) is 77.2 Å². The minimum atomic E-state index is 0.897. The fourth-order valence-electron chi connectivity index (χ4n) is 7.74. The Morgan fingerprint density at radius 1 is 0.400 bits per heavy atom. The minimum absolute atomic E-state index is 0.897. The molecule has 8 aromatic carbocycles. The summed E-state index contributed by atoms with van der Waals surface area (Å²) in [4.78, 5) is 2.38. The average Bonchev–Trinajstić information content (AvgIpc) is 3.86. The van der Waals surface area contributed by atoms with Crippen LogP contribution < -0.4 is 4.90 Å². The molecule has 0 aliphatic carbocycles. The van der Waals surface area contributed by atoms with E-state index in [4.69, 9.17) is 4.42 Å². The van der Waals surface area contributed by atoms with Gasteiger partial charge in [0, 0.05) is 73.6 Å². The van der Waals surface area contributed by atoms with Crippen molar-refractivity contribution in [1.82, 2.24) is 0 Å². The van der Waals surface area contributed by atoms with E-state index < -0.39 is 0 Å². The lowest BCUT2D eigenvalue weighted by molar-refractivity contribution is 0.669. The molecule has 234 valence electrons. The normalized spacial score (nSPS) is 12.0. The molecule has 50 heavy (non-hydrogen) atoms. The average molecular weight is 674 g/mol. The van der Waals surface area contributed by atoms with Gasteiger partial charge >= 0.3 is 0 Å². The Bertz CT molecular complexity index is 3110. The van der Waals surface area contributed by atoms with Gasteiger partial charge in [0.1, 0.15) is 11.2 Å². The van der Waals surface area contributed by atoms with Crippen LogP contribution in [-0.4, -0.2) is 0 Å². The number of furan rings is 1. The Hall–Kier alpha value is -5.94. The number of thiophene rings is 2. The SMILES string of the molecule is c1cc(-c2ccc(N(c3ccc4c(c3)sc3ccccc34)c3ccc4oc5ccccc5c4c3)cc2)c2c(c1)ccc1c3ccccc3sc12. The number of benzene rings is 8. The molecule has 0 atom stereocenters. The smallest absolute Gasteiger partial charge is 0.135 e. The third-order valence-corrected chi connectivity index (χ3v) is 12.4. The van der Waals surface area contributed by atoms with Crippen molar-refractivity contribution in [1.29, 1.82) is 0 Å². The van der Waals surface area contributed by atoms with Crippen molar-refractivity contribution in [2.75, 3.05) is 4.90 Å². The highest BCUT2D eigenvalue weighted by Crippen LogP contribution is 2.45. The van der Waals surface area contributed by atoms with E-state index in [0.29, 0.717) is 0 Å². The highest BCUT2D eigenvalue weighted by atomic mass is 32.1. The molecule has 0 amide bonds. The van der Waals surface area contributed by atoms with Crippen LogP contribution in [0.3, 0.4) is 0 Å². The quantitative estimate of drug-likeness (QED) is 0.185. The monoisotopic (exact) mass is 673 g/mol. The van der Waals surface area contributed by atoms with E-state index in [1.54, 1.807) is 0 Å². The van der Waals surface area contributed by atoms with Crippen molar-refractivity contribution in [2.24, 2.45) is 0 Å². The fourth-order valence-corrected chi connectivity index (χ4v) is 10.1. The molecule has 11 rings (SSSR count). The van der Waals surface area contributed by atoms with Crippen LogP contribution in [0, 0.1) is 0 Å². The van der Waals surface area contributed by atoms with Crippen LogP contribution in [0.15, 0.2) is 168 Å². The first-order chi connectivity index (χ1) is 24.8. The molecule has 0 spiro atoms. The van der Waals surface area contributed by atoms with E-state index in [2.05, 4.69) is 157 Å². The Balaban J connectivity index is 1.09. The molecule has 0 aliphatic rings. The number of rotatable bonds is 4. The maximum Gasteiger partial charge on any atom is 0.135 e. The van der Waals surface area contributed by atoms with Gasteiger partial charge in [0.25, 0.3) is 0 Å². The second-order valence-corrected chi connectivity index (χ2v) is 15.0. The molecule has 0 N–H and O–H groups in total. The highest BCUT2D eigenvalue weighted by Gasteiger charge is 2.18. The lowest BCUT2D eigenvalue weighted by Gasteiger charge is -2.26. The van der Waals surface area contributed by atoms with Gasteiger partial charge < -0.3 is 9.32 Å². The van der Waals surface area contributed by atoms with Crippen LogP contribution in [0.4, 0.5) is 17.1 Å². The Labute approximate surface area is 295 Å². The van der Waals surface area contributed by atoms with E-state index in [1.165, 1.54) is 62.2 Å². The van der Waals surface area contributed by atoms with E-state index in [0.717, 1.165) is 39.0 Å². The van der Waals surface area contributed by atoms with E-state index in [9.17, 15) is 0 Å². The first-order valence-electron chi connectivity index (χ1n) is 16.8. The third-order valence-electron chi connectivity index (χ3n) is 10.1. The first-order valence-corrected chi connectivity index (χ1v) is 18.5. The topological polar surface area (TPSA) is 16.4 Å². The van der Waals surface area contributed by atoms with Gasteiger partial charge in [0.15, 0.2) is 0 Å². The molecular formula is C46H27NOS2. The molecule has 0 bridgehead atoms. The summed E-state index contributed by atoms with van der Waals surface area (Å²) in [6, 6.07) is 59.5. The highest BCUT2D eigenvalue weighted by molar-refractivity contribution is 7.27. The predicted octanol–water partition coefficient (Wildman–Crippen LogP) is 14.6. The Morgan fingerprint density at radius 3 is 1.90 bits per heavy atom. The first kappa shape index (κ1) is 28.0. The zero-order chi connectivity index (χ0) is 32.8. The van der Waals surface area contributed by atoms with Crippen molar-refractivity contribution < 1.29 is 4.42 Å². The molecule has 4 heteroatoms. The zero-order valence-electron chi connectivity index (χ0n) is 26.8. The maximum absolute atomic E-state index is 6.22. The lowest BCUT2D eigenvalue weighted by atomic mass is 9.96. The largest absolute Gasteiger partial charge is 0.456 e. The Morgan fingerprint density at radius 2 is 1.04 bits per heavy atom. The number of anilines is 3. The van der Waals surface area contributed by atoms with Crippen LogP contribution in [-0.2, 0) is 0 Å². The van der Waals surface area contributed by atoms with Crippen LogP contribution in [0.5, 0.6) is 0 Å². The zero-order valence-corrected chi connectivity index (χ0v) is 28.4. The second-order valence-electron chi connectivity index (χ2n) is 12.9. The number of hydrogen-bond donors (Lipinski definition) is 0. The number of fused-ring (bicyclic) bond motifs is 11. The fraction of sp³-hybridized carbons (Fsp3) is 0. The summed E-state index contributed by atoms with van der Waals surface area (Å²) in [5.74, 6) is 0. The van der Waals surface area contributed by atoms with Crippen LogP contribution in [0.2, 0.25) is 0 Å². The van der Waals surface area contributed by atoms with Crippen LogP contribution in [0.25, 0.3) is 84.2 Å². The molecule has 11 aromatic rings. The molecule has 3 heterocycles. The van der Waals surface area contributed by atoms with Gasteiger partial charge in [0.2, 0.25) is 0 Å². The van der Waals surface area contributed by atoms with E-state index in [-0.39, 0.29) is 0 Å². The Kier molecular flexibility index (Phi) is 6.03.